The van der Waals surface area contributed by atoms with Gasteiger partial charge in [-0.3, -0.25) is 0 Å². The average molecular weight is 330 g/mol. The standard InChI is InChI=1S/C18H18O6/c1-9-5-11-15(23-7-21-11)17(19-3)13(9)14-10(2)6-12-16(18(14)20-4)24-8-22-12/h5-6H,7-8H2,1-4H3. The molecule has 2 aromatic carbocycles. The van der Waals surface area contributed by atoms with E-state index in [0.717, 1.165) is 22.3 Å². The molecule has 0 N–H and O–H groups in total. The molecular weight excluding hydrogens is 312 g/mol. The van der Waals surface area contributed by atoms with Crippen molar-refractivity contribution in [2.75, 3.05) is 27.8 Å². The minimum Gasteiger partial charge on any atom is -0.492 e. The van der Waals surface area contributed by atoms with Gasteiger partial charge in [-0.1, -0.05) is 0 Å². The highest BCUT2D eigenvalue weighted by molar-refractivity contribution is 5.88. The molecule has 0 amide bonds. The van der Waals surface area contributed by atoms with E-state index in [1.807, 2.05) is 26.0 Å². The van der Waals surface area contributed by atoms with Gasteiger partial charge in [0.05, 0.1) is 14.2 Å². The molecule has 0 bridgehead atoms. The lowest BCUT2D eigenvalue weighted by molar-refractivity contribution is 0.171. The lowest BCUT2D eigenvalue weighted by atomic mass is 9.93. The number of rotatable bonds is 3. The van der Waals surface area contributed by atoms with Gasteiger partial charge in [-0.25, -0.2) is 0 Å². The summed E-state index contributed by atoms with van der Waals surface area (Å²) in [6.45, 7) is 4.38. The highest BCUT2D eigenvalue weighted by atomic mass is 16.7. The molecule has 2 aromatic rings. The molecule has 0 fully saturated rings. The van der Waals surface area contributed by atoms with E-state index in [1.54, 1.807) is 14.2 Å². The highest BCUT2D eigenvalue weighted by Gasteiger charge is 2.31. The van der Waals surface area contributed by atoms with Gasteiger partial charge in [0.2, 0.25) is 25.1 Å². The van der Waals surface area contributed by atoms with Crippen LogP contribution in [0.1, 0.15) is 11.1 Å². The Morgan fingerprint density at radius 3 is 1.50 bits per heavy atom. The molecule has 2 aliphatic rings. The topological polar surface area (TPSA) is 55.4 Å². The van der Waals surface area contributed by atoms with Crippen molar-refractivity contribution in [1.29, 1.82) is 0 Å². The Hall–Kier alpha value is -2.76. The first-order valence-electron chi connectivity index (χ1n) is 7.60. The smallest absolute Gasteiger partial charge is 0.231 e. The summed E-state index contributed by atoms with van der Waals surface area (Å²) in [6.07, 6.45) is 0. The fraction of sp³-hybridized carbons (Fsp3) is 0.333. The van der Waals surface area contributed by atoms with Crippen LogP contribution in [0.25, 0.3) is 11.1 Å². The summed E-state index contributed by atoms with van der Waals surface area (Å²) in [4.78, 5) is 0. The van der Waals surface area contributed by atoms with Gasteiger partial charge in [-0.2, -0.15) is 0 Å². The minimum absolute atomic E-state index is 0.186. The maximum absolute atomic E-state index is 5.66. The predicted molar refractivity (Wildman–Crippen MR) is 86.7 cm³/mol. The number of hydrogen-bond acceptors (Lipinski definition) is 6. The van der Waals surface area contributed by atoms with E-state index in [9.17, 15) is 0 Å². The summed E-state index contributed by atoms with van der Waals surface area (Å²) >= 11 is 0. The molecule has 0 aliphatic carbocycles. The molecule has 0 atom stereocenters. The monoisotopic (exact) mass is 330 g/mol. The van der Waals surface area contributed by atoms with Crippen LogP contribution in [0.4, 0.5) is 0 Å². The molecule has 2 heterocycles. The van der Waals surface area contributed by atoms with Crippen LogP contribution < -0.4 is 28.4 Å². The van der Waals surface area contributed by atoms with Gasteiger partial charge in [0, 0.05) is 11.1 Å². The van der Waals surface area contributed by atoms with Crippen molar-refractivity contribution < 1.29 is 28.4 Å². The molecule has 24 heavy (non-hydrogen) atoms. The minimum atomic E-state index is 0.186. The van der Waals surface area contributed by atoms with Gasteiger partial charge >= 0.3 is 0 Å². The largest absolute Gasteiger partial charge is 0.492 e. The van der Waals surface area contributed by atoms with Gasteiger partial charge in [0.15, 0.2) is 23.0 Å². The second kappa shape index (κ2) is 5.40. The van der Waals surface area contributed by atoms with Crippen molar-refractivity contribution in [2.24, 2.45) is 0 Å². The second-order valence-corrected chi connectivity index (χ2v) is 5.67. The normalized spacial score (nSPS) is 14.0. The van der Waals surface area contributed by atoms with Crippen molar-refractivity contribution in [1.82, 2.24) is 0 Å². The van der Waals surface area contributed by atoms with E-state index in [4.69, 9.17) is 28.4 Å². The van der Waals surface area contributed by atoms with E-state index in [1.165, 1.54) is 0 Å². The molecule has 0 saturated carbocycles. The Balaban J connectivity index is 2.04. The molecule has 0 saturated heterocycles. The fourth-order valence-corrected chi connectivity index (χ4v) is 3.28. The quantitative estimate of drug-likeness (QED) is 0.859. The number of fused-ring (bicyclic) bond motifs is 2. The van der Waals surface area contributed by atoms with E-state index in [2.05, 4.69) is 0 Å². The molecule has 0 radical (unpaired) electrons. The number of methoxy groups -OCH3 is 2. The van der Waals surface area contributed by atoms with Crippen LogP contribution in [0.2, 0.25) is 0 Å². The van der Waals surface area contributed by atoms with Crippen molar-refractivity contribution >= 4 is 0 Å². The second-order valence-electron chi connectivity index (χ2n) is 5.67. The first-order valence-corrected chi connectivity index (χ1v) is 7.60. The van der Waals surface area contributed by atoms with Crippen LogP contribution >= 0.6 is 0 Å². The first-order chi connectivity index (χ1) is 11.7. The van der Waals surface area contributed by atoms with Crippen LogP contribution in [-0.2, 0) is 0 Å². The molecular formula is C18H18O6. The summed E-state index contributed by atoms with van der Waals surface area (Å²) < 4.78 is 33.5. The third-order valence-corrected chi connectivity index (χ3v) is 4.29. The lowest BCUT2D eigenvalue weighted by Gasteiger charge is -2.19. The zero-order valence-electron chi connectivity index (χ0n) is 14.0. The van der Waals surface area contributed by atoms with Gasteiger partial charge in [-0.05, 0) is 37.1 Å². The Morgan fingerprint density at radius 2 is 1.12 bits per heavy atom. The summed E-state index contributed by atoms with van der Waals surface area (Å²) in [5.74, 6) is 3.84. The maximum Gasteiger partial charge on any atom is 0.231 e. The van der Waals surface area contributed by atoms with E-state index < -0.39 is 0 Å². The van der Waals surface area contributed by atoms with Gasteiger partial charge in [0.1, 0.15) is 0 Å². The number of ether oxygens (including phenoxy) is 6. The van der Waals surface area contributed by atoms with E-state index in [0.29, 0.717) is 34.5 Å². The highest BCUT2D eigenvalue weighted by Crippen LogP contribution is 2.55. The maximum atomic E-state index is 5.66. The first kappa shape index (κ1) is 14.8. The van der Waals surface area contributed by atoms with E-state index >= 15 is 0 Å². The molecule has 0 spiro atoms. The van der Waals surface area contributed by atoms with Crippen molar-refractivity contribution in [3.63, 3.8) is 0 Å². The summed E-state index contributed by atoms with van der Waals surface area (Å²) in [6, 6.07) is 3.90. The summed E-state index contributed by atoms with van der Waals surface area (Å²) in [7, 11) is 3.24. The van der Waals surface area contributed by atoms with Crippen LogP contribution in [-0.4, -0.2) is 27.8 Å². The Labute approximate surface area is 139 Å². The molecule has 126 valence electrons. The SMILES string of the molecule is COc1c2c(cc(C)c1-c1c(C)cc3c(c1OC)OCO3)OCO2. The zero-order chi connectivity index (χ0) is 16.8. The lowest BCUT2D eigenvalue weighted by Crippen LogP contribution is -1.99. The molecule has 2 aliphatic heterocycles. The van der Waals surface area contributed by atoms with Crippen molar-refractivity contribution in [3.8, 4) is 45.6 Å². The number of benzene rings is 2. The average Bonchev–Trinajstić information content (AvgIpc) is 3.21. The van der Waals surface area contributed by atoms with Crippen LogP contribution in [0.15, 0.2) is 12.1 Å². The summed E-state index contributed by atoms with van der Waals surface area (Å²) in [5, 5.41) is 0. The molecule has 6 nitrogen and oxygen atoms in total. The third kappa shape index (κ3) is 1.95. The van der Waals surface area contributed by atoms with Crippen LogP contribution in [0.3, 0.4) is 0 Å². The number of hydrogen-bond donors (Lipinski definition) is 0. The Morgan fingerprint density at radius 1 is 0.708 bits per heavy atom. The summed E-state index contributed by atoms with van der Waals surface area (Å²) in [5.41, 5.74) is 3.79. The van der Waals surface area contributed by atoms with E-state index in [-0.39, 0.29) is 13.6 Å². The van der Waals surface area contributed by atoms with Gasteiger partial charge in [-0.15, -0.1) is 0 Å². The predicted octanol–water partition coefficient (Wildman–Crippen LogP) is 3.45. The molecule has 0 unspecified atom stereocenters. The van der Waals surface area contributed by atoms with Crippen molar-refractivity contribution in [2.45, 2.75) is 13.8 Å². The van der Waals surface area contributed by atoms with Crippen LogP contribution in [0.5, 0.6) is 34.5 Å². The van der Waals surface area contributed by atoms with Gasteiger partial charge in [0.25, 0.3) is 0 Å². The molecule has 6 heteroatoms. The molecule has 0 aromatic heterocycles. The fourth-order valence-electron chi connectivity index (χ4n) is 3.28. The van der Waals surface area contributed by atoms with Crippen molar-refractivity contribution in [3.05, 3.63) is 23.3 Å². The Kier molecular flexibility index (Phi) is 3.33. The zero-order valence-corrected chi connectivity index (χ0v) is 14.0. The Bertz CT molecular complexity index is 758. The number of aryl methyl sites for hydroxylation is 2. The third-order valence-electron chi connectivity index (χ3n) is 4.29. The van der Waals surface area contributed by atoms with Gasteiger partial charge < -0.3 is 28.4 Å². The van der Waals surface area contributed by atoms with Crippen LogP contribution in [0, 0.1) is 13.8 Å². The molecule has 4 rings (SSSR count).